The molecular weight excluding hydrogens is 282 g/mol. The average Bonchev–Trinajstić information content (AvgIpc) is 3.11. The van der Waals surface area contributed by atoms with Gasteiger partial charge in [0.15, 0.2) is 5.11 Å². The number of thiocarbonyl (C=S) groups is 1. The molecule has 0 bridgehead atoms. The number of hydrogen-bond donors (Lipinski definition) is 2. The predicted molar refractivity (Wildman–Crippen MR) is 88.0 cm³/mol. The summed E-state index contributed by atoms with van der Waals surface area (Å²) in [5.74, 6) is 1.37. The second kappa shape index (κ2) is 6.21. The van der Waals surface area contributed by atoms with Crippen LogP contribution in [0.5, 0.6) is 0 Å². The van der Waals surface area contributed by atoms with Gasteiger partial charge in [-0.15, -0.1) is 0 Å². The molecule has 2 N–H and O–H groups in total. The number of amides is 1. The fourth-order valence-corrected chi connectivity index (χ4v) is 4.62. The summed E-state index contributed by atoms with van der Waals surface area (Å²) >= 11 is 5.35. The number of likely N-dealkylation sites (N-methyl/N-ethyl adjacent to an activating group) is 1. The third-order valence-corrected chi connectivity index (χ3v) is 6.13. The molecule has 2 heterocycles. The highest BCUT2D eigenvalue weighted by Gasteiger charge is 2.53. The van der Waals surface area contributed by atoms with E-state index in [-0.39, 0.29) is 5.91 Å². The van der Waals surface area contributed by atoms with Crippen LogP contribution in [0.3, 0.4) is 0 Å². The summed E-state index contributed by atoms with van der Waals surface area (Å²) in [7, 11) is 1.81. The van der Waals surface area contributed by atoms with E-state index in [0.29, 0.717) is 11.0 Å². The molecule has 0 spiro atoms. The van der Waals surface area contributed by atoms with E-state index in [1.807, 2.05) is 7.05 Å². The Balaban J connectivity index is 1.73. The molecule has 21 heavy (non-hydrogen) atoms. The van der Waals surface area contributed by atoms with Crippen molar-refractivity contribution in [2.75, 3.05) is 20.1 Å². The number of carbonyl (C=O) groups excluding carboxylic acids is 1. The first kappa shape index (κ1) is 15.2. The van der Waals surface area contributed by atoms with Gasteiger partial charge in [0.05, 0.1) is 0 Å². The molecule has 118 valence electrons. The molecule has 2 atom stereocenters. The molecule has 0 aromatic rings. The van der Waals surface area contributed by atoms with Crippen molar-refractivity contribution in [3.63, 3.8) is 0 Å². The monoisotopic (exact) mass is 309 g/mol. The number of nitrogens with one attached hydrogen (secondary N) is 2. The van der Waals surface area contributed by atoms with E-state index in [9.17, 15) is 4.79 Å². The van der Waals surface area contributed by atoms with Crippen LogP contribution >= 0.6 is 12.2 Å². The largest absolute Gasteiger partial charge is 0.348 e. The molecule has 2 aliphatic heterocycles. The number of carbonyl (C=O) groups is 1. The molecular formula is C16H27N3OS. The van der Waals surface area contributed by atoms with Crippen molar-refractivity contribution in [2.45, 2.75) is 56.9 Å². The number of nitrogens with zero attached hydrogens (tertiary/aromatic N) is 1. The van der Waals surface area contributed by atoms with E-state index in [4.69, 9.17) is 12.2 Å². The molecule has 5 heteroatoms. The van der Waals surface area contributed by atoms with Crippen molar-refractivity contribution >= 4 is 23.2 Å². The van der Waals surface area contributed by atoms with E-state index in [0.717, 1.165) is 38.3 Å². The van der Waals surface area contributed by atoms with E-state index in [1.165, 1.54) is 32.1 Å². The van der Waals surface area contributed by atoms with Crippen LogP contribution in [-0.4, -0.2) is 41.6 Å². The van der Waals surface area contributed by atoms with Crippen LogP contribution in [0.25, 0.3) is 0 Å². The molecule has 1 unspecified atom stereocenters. The molecule has 1 saturated carbocycles. The van der Waals surface area contributed by atoms with Crippen LogP contribution in [0, 0.1) is 11.8 Å². The fraction of sp³-hybridized carbons (Fsp3) is 0.875. The maximum atomic E-state index is 12.8. The Morgan fingerprint density at radius 2 is 2.05 bits per heavy atom. The highest BCUT2D eigenvalue weighted by atomic mass is 32.1. The van der Waals surface area contributed by atoms with Gasteiger partial charge >= 0.3 is 0 Å². The molecule has 2 saturated heterocycles. The molecule has 3 fully saturated rings. The third kappa shape index (κ3) is 2.82. The highest BCUT2D eigenvalue weighted by Crippen LogP contribution is 2.37. The predicted octanol–water partition coefficient (Wildman–Crippen LogP) is 2.04. The van der Waals surface area contributed by atoms with E-state index >= 15 is 0 Å². The van der Waals surface area contributed by atoms with Crippen LogP contribution in [0.15, 0.2) is 0 Å². The minimum atomic E-state index is -0.438. The Kier molecular flexibility index (Phi) is 4.50. The van der Waals surface area contributed by atoms with Gasteiger partial charge in [0.25, 0.3) is 5.91 Å². The highest BCUT2D eigenvalue weighted by molar-refractivity contribution is 7.80. The van der Waals surface area contributed by atoms with Gasteiger partial charge in [0.1, 0.15) is 5.54 Å². The van der Waals surface area contributed by atoms with Gasteiger partial charge in [-0.1, -0.05) is 32.1 Å². The van der Waals surface area contributed by atoms with Crippen molar-refractivity contribution in [3.05, 3.63) is 0 Å². The van der Waals surface area contributed by atoms with Crippen molar-refractivity contribution in [2.24, 2.45) is 11.8 Å². The summed E-state index contributed by atoms with van der Waals surface area (Å²) < 4.78 is 0. The van der Waals surface area contributed by atoms with Crippen molar-refractivity contribution < 1.29 is 4.79 Å². The fourth-order valence-electron chi connectivity index (χ4n) is 4.35. The van der Waals surface area contributed by atoms with Gasteiger partial charge in [0.2, 0.25) is 0 Å². The zero-order valence-electron chi connectivity index (χ0n) is 13.0. The Morgan fingerprint density at radius 1 is 1.29 bits per heavy atom. The molecule has 1 aliphatic carbocycles. The Morgan fingerprint density at radius 3 is 2.62 bits per heavy atom. The van der Waals surface area contributed by atoms with Crippen LogP contribution in [-0.2, 0) is 4.79 Å². The number of hydrogen-bond acceptors (Lipinski definition) is 3. The number of rotatable bonds is 4. The lowest BCUT2D eigenvalue weighted by atomic mass is 9.75. The Labute approximate surface area is 133 Å². The van der Waals surface area contributed by atoms with Gasteiger partial charge in [0, 0.05) is 19.5 Å². The average molecular weight is 309 g/mol. The summed E-state index contributed by atoms with van der Waals surface area (Å²) in [6, 6.07) is 0. The van der Waals surface area contributed by atoms with Crippen molar-refractivity contribution in [3.8, 4) is 0 Å². The lowest BCUT2D eigenvalue weighted by Crippen LogP contribution is -2.54. The van der Waals surface area contributed by atoms with Crippen molar-refractivity contribution in [1.29, 1.82) is 0 Å². The molecule has 3 aliphatic rings. The zero-order chi connectivity index (χ0) is 14.9. The molecule has 0 radical (unpaired) electrons. The van der Waals surface area contributed by atoms with Gasteiger partial charge in [-0.2, -0.15) is 0 Å². The van der Waals surface area contributed by atoms with E-state index in [2.05, 4.69) is 10.6 Å². The summed E-state index contributed by atoms with van der Waals surface area (Å²) in [5.41, 5.74) is -0.438. The normalized spacial score (nSPS) is 34.5. The molecule has 1 amide bonds. The maximum absolute atomic E-state index is 12.8. The standard InChI is InChI=1S/C16H27N3OS/c1-19-14(20)16(18-15(19)21,13-8-10-17-11-13)9-7-12-5-3-2-4-6-12/h12-13,17H,2-11H2,1H3,(H,18,21)/t13-,16?/m0/s1. The molecule has 0 aromatic carbocycles. The summed E-state index contributed by atoms with van der Waals surface area (Å²) in [6.45, 7) is 1.95. The van der Waals surface area contributed by atoms with Gasteiger partial charge in [-0.25, -0.2) is 0 Å². The minimum Gasteiger partial charge on any atom is -0.348 e. The first-order valence-electron chi connectivity index (χ1n) is 8.44. The molecule has 3 rings (SSSR count). The lowest BCUT2D eigenvalue weighted by Gasteiger charge is -2.34. The lowest BCUT2D eigenvalue weighted by molar-refractivity contribution is -0.132. The van der Waals surface area contributed by atoms with Crippen LogP contribution in [0.1, 0.15) is 51.4 Å². The quantitative estimate of drug-likeness (QED) is 0.780. The smallest absolute Gasteiger partial charge is 0.254 e. The van der Waals surface area contributed by atoms with E-state index < -0.39 is 5.54 Å². The van der Waals surface area contributed by atoms with Gasteiger partial charge in [-0.3, -0.25) is 9.69 Å². The first-order chi connectivity index (χ1) is 10.1. The van der Waals surface area contributed by atoms with Gasteiger partial charge < -0.3 is 10.6 Å². The summed E-state index contributed by atoms with van der Waals surface area (Å²) in [5, 5.41) is 7.43. The maximum Gasteiger partial charge on any atom is 0.254 e. The van der Waals surface area contributed by atoms with Crippen LogP contribution < -0.4 is 10.6 Å². The minimum absolute atomic E-state index is 0.192. The SMILES string of the molecule is CN1C(=O)C(CCC2CCCCC2)([C@H]2CCNC2)NC1=S. The molecule has 4 nitrogen and oxygen atoms in total. The van der Waals surface area contributed by atoms with Crippen LogP contribution in [0.4, 0.5) is 0 Å². The second-order valence-electron chi connectivity index (χ2n) is 7.00. The Bertz CT molecular complexity index is 416. The zero-order valence-corrected chi connectivity index (χ0v) is 13.8. The topological polar surface area (TPSA) is 44.4 Å². The summed E-state index contributed by atoms with van der Waals surface area (Å²) in [6.07, 6.45) is 9.96. The first-order valence-corrected chi connectivity index (χ1v) is 8.85. The van der Waals surface area contributed by atoms with Crippen LogP contribution in [0.2, 0.25) is 0 Å². The third-order valence-electron chi connectivity index (χ3n) is 5.75. The summed E-state index contributed by atoms with van der Waals surface area (Å²) in [4.78, 5) is 14.5. The molecule has 0 aromatic heterocycles. The Hall–Kier alpha value is -0.680. The second-order valence-corrected chi connectivity index (χ2v) is 7.38. The van der Waals surface area contributed by atoms with Gasteiger partial charge in [-0.05, 0) is 43.9 Å². The van der Waals surface area contributed by atoms with E-state index in [1.54, 1.807) is 4.90 Å². The van der Waals surface area contributed by atoms with Crippen molar-refractivity contribution in [1.82, 2.24) is 15.5 Å².